The van der Waals surface area contributed by atoms with Gasteiger partial charge >= 0.3 is 5.97 Å². The number of methoxy groups -OCH3 is 1. The van der Waals surface area contributed by atoms with Gasteiger partial charge in [-0.3, -0.25) is 0 Å². The smallest absolute Gasteiger partial charge is 0.328 e. The van der Waals surface area contributed by atoms with Crippen LogP contribution in [0, 0.1) is 6.92 Å². The fourth-order valence-corrected chi connectivity index (χ4v) is 2.62. The number of carbonyl (C=O) groups excluding carboxylic acids is 1. The van der Waals surface area contributed by atoms with Gasteiger partial charge in [0.15, 0.2) is 0 Å². The lowest BCUT2D eigenvalue weighted by atomic mass is 10.2. The van der Waals surface area contributed by atoms with E-state index in [1.807, 2.05) is 12.3 Å². The zero-order valence-corrected chi connectivity index (χ0v) is 9.74. The maximum Gasteiger partial charge on any atom is 0.328 e. The van der Waals surface area contributed by atoms with Crippen molar-refractivity contribution in [2.45, 2.75) is 13.0 Å². The molecule has 0 aromatic carbocycles. The van der Waals surface area contributed by atoms with Crippen molar-refractivity contribution in [3.05, 3.63) is 20.3 Å². The van der Waals surface area contributed by atoms with Gasteiger partial charge in [0, 0.05) is 9.35 Å². The van der Waals surface area contributed by atoms with E-state index in [0.29, 0.717) is 0 Å². The molecule has 1 heterocycles. The van der Waals surface area contributed by atoms with Crippen LogP contribution in [0.4, 0.5) is 0 Å². The standard InChI is InChI=1S/C8H10BrNO2S/c1-4-3-13-7(5(4)9)6(10)8(11)12-2/h3,6H,10H2,1-2H3. The van der Waals surface area contributed by atoms with E-state index < -0.39 is 12.0 Å². The molecule has 0 spiro atoms. The summed E-state index contributed by atoms with van der Waals surface area (Å²) >= 11 is 4.83. The number of halogens is 1. The van der Waals surface area contributed by atoms with Crippen molar-refractivity contribution in [1.29, 1.82) is 0 Å². The SMILES string of the molecule is COC(=O)C(N)c1scc(C)c1Br. The maximum absolute atomic E-state index is 11.1. The lowest BCUT2D eigenvalue weighted by Crippen LogP contribution is -2.21. The number of hydrogen-bond acceptors (Lipinski definition) is 4. The molecule has 3 nitrogen and oxygen atoms in total. The molecule has 5 heteroatoms. The number of thiophene rings is 1. The molecule has 1 unspecified atom stereocenters. The lowest BCUT2D eigenvalue weighted by Gasteiger charge is -2.07. The van der Waals surface area contributed by atoms with Gasteiger partial charge in [0.2, 0.25) is 0 Å². The van der Waals surface area contributed by atoms with Crippen molar-refractivity contribution in [3.8, 4) is 0 Å². The van der Waals surface area contributed by atoms with Gasteiger partial charge in [-0.2, -0.15) is 0 Å². The predicted octanol–water partition coefficient (Wildman–Crippen LogP) is 1.99. The summed E-state index contributed by atoms with van der Waals surface area (Å²) in [6.45, 7) is 1.95. The van der Waals surface area contributed by atoms with Crippen molar-refractivity contribution in [2.24, 2.45) is 5.73 Å². The molecule has 72 valence electrons. The largest absolute Gasteiger partial charge is 0.468 e. The minimum Gasteiger partial charge on any atom is -0.468 e. The van der Waals surface area contributed by atoms with Gasteiger partial charge in [-0.25, -0.2) is 4.79 Å². The summed E-state index contributed by atoms with van der Waals surface area (Å²) in [6, 6.07) is -0.682. The van der Waals surface area contributed by atoms with Crippen molar-refractivity contribution in [2.75, 3.05) is 7.11 Å². The monoisotopic (exact) mass is 263 g/mol. The molecule has 0 saturated carbocycles. The van der Waals surface area contributed by atoms with Crippen LogP contribution in [-0.2, 0) is 9.53 Å². The number of rotatable bonds is 2. The first-order valence-corrected chi connectivity index (χ1v) is 5.32. The van der Waals surface area contributed by atoms with Gasteiger partial charge in [-0.05, 0) is 33.8 Å². The van der Waals surface area contributed by atoms with Crippen LogP contribution in [0.15, 0.2) is 9.85 Å². The van der Waals surface area contributed by atoms with Crippen LogP contribution in [0.3, 0.4) is 0 Å². The zero-order valence-electron chi connectivity index (χ0n) is 7.33. The molecule has 1 aromatic heterocycles. The summed E-state index contributed by atoms with van der Waals surface area (Å²) in [5.74, 6) is -0.414. The van der Waals surface area contributed by atoms with Gasteiger partial charge in [0.25, 0.3) is 0 Å². The van der Waals surface area contributed by atoms with E-state index in [4.69, 9.17) is 5.73 Å². The molecule has 0 amide bonds. The Balaban J connectivity index is 2.95. The average molecular weight is 264 g/mol. The molecule has 0 saturated heterocycles. The second-order valence-electron chi connectivity index (χ2n) is 2.60. The number of hydrogen-bond donors (Lipinski definition) is 1. The number of nitrogens with two attached hydrogens (primary N) is 1. The molecular weight excluding hydrogens is 254 g/mol. The molecule has 0 aliphatic rings. The van der Waals surface area contributed by atoms with Crippen molar-refractivity contribution >= 4 is 33.2 Å². The van der Waals surface area contributed by atoms with E-state index >= 15 is 0 Å². The first-order valence-electron chi connectivity index (χ1n) is 3.64. The predicted molar refractivity (Wildman–Crippen MR) is 55.7 cm³/mol. The third-order valence-electron chi connectivity index (χ3n) is 1.66. The Morgan fingerprint density at radius 2 is 2.38 bits per heavy atom. The second-order valence-corrected chi connectivity index (χ2v) is 4.30. The van der Waals surface area contributed by atoms with Gasteiger partial charge in [0.1, 0.15) is 6.04 Å². The van der Waals surface area contributed by atoms with Crippen LogP contribution < -0.4 is 5.73 Å². The summed E-state index contributed by atoms with van der Waals surface area (Å²) in [6.07, 6.45) is 0. The van der Waals surface area contributed by atoms with E-state index in [0.717, 1.165) is 14.9 Å². The summed E-state index contributed by atoms with van der Waals surface area (Å²) < 4.78 is 5.45. The second kappa shape index (κ2) is 4.21. The molecule has 13 heavy (non-hydrogen) atoms. The Morgan fingerprint density at radius 3 is 2.77 bits per heavy atom. The third-order valence-corrected chi connectivity index (χ3v) is 4.16. The van der Waals surface area contributed by atoms with E-state index in [1.54, 1.807) is 0 Å². The number of esters is 1. The molecule has 0 fully saturated rings. The fourth-order valence-electron chi connectivity index (χ4n) is 0.894. The van der Waals surface area contributed by atoms with Gasteiger partial charge in [-0.1, -0.05) is 0 Å². The summed E-state index contributed by atoms with van der Waals surface area (Å²) in [5, 5.41) is 1.95. The number of aryl methyl sites for hydroxylation is 1. The first kappa shape index (κ1) is 10.7. The normalized spacial score (nSPS) is 12.6. The van der Waals surface area contributed by atoms with Crippen LogP contribution in [0.2, 0.25) is 0 Å². The highest BCUT2D eigenvalue weighted by molar-refractivity contribution is 9.10. The van der Waals surface area contributed by atoms with Crippen molar-refractivity contribution < 1.29 is 9.53 Å². The molecule has 0 bridgehead atoms. The highest BCUT2D eigenvalue weighted by atomic mass is 79.9. The van der Waals surface area contributed by atoms with E-state index in [-0.39, 0.29) is 0 Å². The molecule has 0 aliphatic heterocycles. The zero-order chi connectivity index (χ0) is 10.0. The minimum absolute atomic E-state index is 0.414. The summed E-state index contributed by atoms with van der Waals surface area (Å²) in [4.78, 5) is 11.9. The number of carbonyl (C=O) groups is 1. The van der Waals surface area contributed by atoms with Gasteiger partial charge in [-0.15, -0.1) is 11.3 Å². The van der Waals surface area contributed by atoms with E-state index in [9.17, 15) is 4.79 Å². The van der Waals surface area contributed by atoms with E-state index in [2.05, 4.69) is 20.7 Å². The number of ether oxygens (including phenoxy) is 1. The molecule has 0 aliphatic carbocycles. The Bertz CT molecular complexity index is 324. The Hall–Kier alpha value is -0.390. The summed E-state index contributed by atoms with van der Waals surface area (Å²) in [7, 11) is 1.33. The first-order chi connectivity index (χ1) is 6.07. The Kier molecular flexibility index (Phi) is 3.47. The Morgan fingerprint density at radius 1 is 1.77 bits per heavy atom. The molecular formula is C8H10BrNO2S. The average Bonchev–Trinajstić information content (AvgIpc) is 2.45. The highest BCUT2D eigenvalue weighted by Gasteiger charge is 2.21. The fraction of sp³-hybridized carbons (Fsp3) is 0.375. The van der Waals surface area contributed by atoms with Crippen LogP contribution in [0.5, 0.6) is 0 Å². The topological polar surface area (TPSA) is 52.3 Å². The molecule has 0 radical (unpaired) electrons. The van der Waals surface area contributed by atoms with Crippen LogP contribution in [0.25, 0.3) is 0 Å². The van der Waals surface area contributed by atoms with Gasteiger partial charge < -0.3 is 10.5 Å². The molecule has 2 N–H and O–H groups in total. The maximum atomic E-state index is 11.1. The molecule has 1 rings (SSSR count). The third kappa shape index (κ3) is 2.10. The van der Waals surface area contributed by atoms with Crippen molar-refractivity contribution in [3.63, 3.8) is 0 Å². The van der Waals surface area contributed by atoms with Gasteiger partial charge in [0.05, 0.1) is 7.11 Å². The minimum atomic E-state index is -0.682. The highest BCUT2D eigenvalue weighted by Crippen LogP contribution is 2.32. The van der Waals surface area contributed by atoms with E-state index in [1.165, 1.54) is 18.4 Å². The Labute approximate surface area is 89.0 Å². The van der Waals surface area contributed by atoms with Crippen LogP contribution >= 0.6 is 27.3 Å². The quantitative estimate of drug-likeness (QED) is 0.831. The molecule has 1 aromatic rings. The van der Waals surface area contributed by atoms with Crippen LogP contribution in [0.1, 0.15) is 16.5 Å². The summed E-state index contributed by atoms with van der Waals surface area (Å²) in [5.41, 5.74) is 6.75. The molecule has 1 atom stereocenters. The van der Waals surface area contributed by atoms with Crippen LogP contribution in [-0.4, -0.2) is 13.1 Å². The van der Waals surface area contributed by atoms with Crippen molar-refractivity contribution in [1.82, 2.24) is 0 Å². The lowest BCUT2D eigenvalue weighted by molar-refractivity contribution is -0.142.